The molecule has 0 bridgehead atoms. The van der Waals surface area contributed by atoms with Crippen LogP contribution in [0.1, 0.15) is 70.3 Å². The number of aliphatic hydroxyl groups is 1. The van der Waals surface area contributed by atoms with E-state index >= 15 is 4.39 Å². The summed E-state index contributed by atoms with van der Waals surface area (Å²) in [5.74, 6) is -1.34. The van der Waals surface area contributed by atoms with Crippen LogP contribution in [0.2, 0.25) is 5.02 Å². The number of halogens is 3. The maximum absolute atomic E-state index is 16.4. The lowest BCUT2D eigenvalue weighted by molar-refractivity contribution is 0.0688. The summed E-state index contributed by atoms with van der Waals surface area (Å²) < 4.78 is 54.1. The molecule has 4 aromatic rings. The Balaban J connectivity index is 1.47. The normalized spacial score (nSPS) is 18.5. The summed E-state index contributed by atoms with van der Waals surface area (Å²) in [6.45, 7) is 3.03. The van der Waals surface area contributed by atoms with E-state index in [9.17, 15) is 14.3 Å². The number of ether oxygens (including phenoxy) is 1. The van der Waals surface area contributed by atoms with Gasteiger partial charge in [0.05, 0.1) is 23.3 Å². The molecule has 1 unspecified atom stereocenters. The van der Waals surface area contributed by atoms with Crippen LogP contribution in [0.25, 0.3) is 17.1 Å². The molecule has 0 saturated carbocycles. The maximum Gasteiger partial charge on any atom is 0.278 e. The van der Waals surface area contributed by atoms with E-state index in [4.69, 9.17) is 19.1 Å². The molecule has 6 rings (SSSR count). The Morgan fingerprint density at radius 3 is 2.75 bits per heavy atom. The third-order valence-electron chi connectivity index (χ3n) is 7.00. The molecule has 0 amide bonds. The summed E-state index contributed by atoms with van der Waals surface area (Å²) in [5.41, 5.74) is -0.760. The highest BCUT2D eigenvalue weighted by Crippen LogP contribution is 2.37. The highest BCUT2D eigenvalue weighted by Gasteiger charge is 2.30. The van der Waals surface area contributed by atoms with E-state index in [2.05, 4.69) is 19.9 Å². The predicted molar refractivity (Wildman–Crippen MR) is 144 cm³/mol. The Hall–Kier alpha value is -3.76. The Kier molecular flexibility index (Phi) is 6.02. The van der Waals surface area contributed by atoms with E-state index in [1.165, 1.54) is 36.9 Å². The number of hydrogen-bond acceptors (Lipinski definition) is 7. The molecule has 1 atom stereocenters. The van der Waals surface area contributed by atoms with Gasteiger partial charge in [0.25, 0.3) is 5.56 Å². The Morgan fingerprint density at radius 1 is 1.15 bits per heavy atom. The standard InChI is InChI=1S/C29H26ClF2N5O3/c1-29(2,39)28-33-10-9-19(36-28)25-23(32)26-16(13-34-25)5-3-4-6-18-12-21(22(30)27(38)37(18)26)40-20-8-7-15-11-17(31)14-35-24(15)20/h9-14,20,39H,3-8H2,1-2H3/i7D2. The summed E-state index contributed by atoms with van der Waals surface area (Å²) in [6.07, 6.45) is 3.26. The van der Waals surface area contributed by atoms with E-state index in [0.717, 1.165) is 12.3 Å². The van der Waals surface area contributed by atoms with Gasteiger partial charge in [-0.25, -0.2) is 18.7 Å². The van der Waals surface area contributed by atoms with Crippen molar-refractivity contribution in [3.05, 3.63) is 92.1 Å². The number of pyridine rings is 3. The second kappa shape index (κ2) is 10.0. The zero-order valence-corrected chi connectivity index (χ0v) is 22.5. The highest BCUT2D eigenvalue weighted by molar-refractivity contribution is 6.31. The summed E-state index contributed by atoms with van der Waals surface area (Å²) in [7, 11) is 0. The third kappa shape index (κ3) is 4.65. The molecule has 4 aromatic heterocycles. The molecule has 0 fully saturated rings. The maximum atomic E-state index is 16.4. The van der Waals surface area contributed by atoms with E-state index in [1.807, 2.05) is 0 Å². The largest absolute Gasteiger partial charge is 0.482 e. The van der Waals surface area contributed by atoms with Crippen LogP contribution in [0.5, 0.6) is 5.75 Å². The molecule has 5 heterocycles. The van der Waals surface area contributed by atoms with Gasteiger partial charge < -0.3 is 9.84 Å². The molecule has 206 valence electrons. The first kappa shape index (κ1) is 24.1. The zero-order valence-electron chi connectivity index (χ0n) is 23.7. The molecule has 0 aromatic carbocycles. The van der Waals surface area contributed by atoms with Crippen LogP contribution in [0.15, 0.2) is 41.6 Å². The van der Waals surface area contributed by atoms with Crippen molar-refractivity contribution in [1.29, 1.82) is 0 Å². The number of hydrogen-bond donors (Lipinski definition) is 1. The van der Waals surface area contributed by atoms with Gasteiger partial charge in [-0.05, 0) is 75.6 Å². The van der Waals surface area contributed by atoms with Crippen molar-refractivity contribution in [3.8, 4) is 22.8 Å². The van der Waals surface area contributed by atoms with Crippen LogP contribution in [0.3, 0.4) is 0 Å². The second-order valence-electron chi connectivity index (χ2n) is 10.4. The molecule has 2 aliphatic rings. The first-order valence-electron chi connectivity index (χ1n) is 13.9. The van der Waals surface area contributed by atoms with Gasteiger partial charge in [0.2, 0.25) is 0 Å². The van der Waals surface area contributed by atoms with Crippen molar-refractivity contribution < 1.29 is 21.4 Å². The average Bonchev–Trinajstić information content (AvgIpc) is 3.17. The molecular formula is C29H26ClF2N5O3. The number of nitrogens with zero attached hydrogens (tertiary/aromatic N) is 5. The van der Waals surface area contributed by atoms with Gasteiger partial charge in [0.1, 0.15) is 34.0 Å². The number of rotatable bonds is 4. The molecule has 0 spiro atoms. The third-order valence-corrected chi connectivity index (χ3v) is 7.34. The van der Waals surface area contributed by atoms with E-state index < -0.39 is 35.3 Å². The lowest BCUT2D eigenvalue weighted by atomic mass is 10.0. The van der Waals surface area contributed by atoms with Gasteiger partial charge in [-0.1, -0.05) is 11.6 Å². The lowest BCUT2D eigenvalue weighted by Gasteiger charge is -2.23. The van der Waals surface area contributed by atoms with Crippen molar-refractivity contribution in [2.75, 3.05) is 0 Å². The van der Waals surface area contributed by atoms with Crippen LogP contribution >= 0.6 is 11.6 Å². The van der Waals surface area contributed by atoms with Crippen molar-refractivity contribution in [2.45, 2.75) is 64.0 Å². The Morgan fingerprint density at radius 2 is 1.95 bits per heavy atom. The van der Waals surface area contributed by atoms with Crippen LogP contribution in [0.4, 0.5) is 8.78 Å². The fourth-order valence-electron chi connectivity index (χ4n) is 5.05. The van der Waals surface area contributed by atoms with E-state index in [1.54, 1.807) is 6.07 Å². The number of aryl methyl sites for hydroxylation is 3. The van der Waals surface area contributed by atoms with Crippen LogP contribution in [0, 0.1) is 11.6 Å². The monoisotopic (exact) mass is 567 g/mol. The smallest absolute Gasteiger partial charge is 0.278 e. The number of fused-ring (bicyclic) bond motifs is 4. The topological polar surface area (TPSA) is 103 Å². The molecule has 40 heavy (non-hydrogen) atoms. The van der Waals surface area contributed by atoms with Crippen molar-refractivity contribution in [2.24, 2.45) is 0 Å². The van der Waals surface area contributed by atoms with Gasteiger partial charge in [-0.15, -0.1) is 0 Å². The average molecular weight is 568 g/mol. The van der Waals surface area contributed by atoms with Crippen molar-refractivity contribution in [1.82, 2.24) is 24.5 Å². The zero-order chi connectivity index (χ0) is 30.0. The Bertz CT molecular complexity index is 1790. The van der Waals surface area contributed by atoms with E-state index in [0.29, 0.717) is 36.9 Å². The lowest BCUT2D eigenvalue weighted by Crippen LogP contribution is -2.27. The van der Waals surface area contributed by atoms with Crippen LogP contribution < -0.4 is 10.3 Å². The highest BCUT2D eigenvalue weighted by atomic mass is 35.5. The Labute approximate surface area is 236 Å². The first-order valence-corrected chi connectivity index (χ1v) is 13.2. The van der Waals surface area contributed by atoms with Gasteiger partial charge in [-0.2, -0.15) is 0 Å². The minimum absolute atomic E-state index is 0.00937. The molecule has 0 saturated heterocycles. The minimum Gasteiger partial charge on any atom is -0.482 e. The first-order chi connectivity index (χ1) is 19.8. The van der Waals surface area contributed by atoms with Gasteiger partial charge in [0.15, 0.2) is 11.6 Å². The minimum atomic E-state index is -1.89. The molecule has 1 N–H and O–H groups in total. The predicted octanol–water partition coefficient (Wildman–Crippen LogP) is 5.19. The summed E-state index contributed by atoms with van der Waals surface area (Å²) in [5, 5.41) is 10.0. The van der Waals surface area contributed by atoms with Crippen molar-refractivity contribution >= 4 is 11.6 Å². The second-order valence-corrected chi connectivity index (χ2v) is 10.7. The van der Waals surface area contributed by atoms with Gasteiger partial charge >= 0.3 is 0 Å². The summed E-state index contributed by atoms with van der Waals surface area (Å²) >= 11 is 6.55. The molecule has 0 radical (unpaired) electrons. The van der Waals surface area contributed by atoms with Crippen LogP contribution in [-0.4, -0.2) is 29.6 Å². The number of aromatic nitrogens is 5. The molecule has 1 aliphatic heterocycles. The summed E-state index contributed by atoms with van der Waals surface area (Å²) in [4.78, 5) is 30.6. The van der Waals surface area contributed by atoms with Gasteiger partial charge in [-0.3, -0.25) is 19.3 Å². The van der Waals surface area contributed by atoms with Gasteiger partial charge in [0, 0.05) is 26.9 Å². The van der Waals surface area contributed by atoms with Crippen molar-refractivity contribution in [3.63, 3.8) is 0 Å². The molecule has 8 nitrogen and oxygen atoms in total. The quantitative estimate of drug-likeness (QED) is 0.362. The molecule has 11 heteroatoms. The molecular weight excluding hydrogens is 540 g/mol. The summed E-state index contributed by atoms with van der Waals surface area (Å²) in [6, 6.07) is 4.13. The SMILES string of the molecule is [2H]C1([2H])CC(Oc2cc3n(c(=O)c2Cl)-c2c(cnc(-c4ccnc(C(C)(C)O)n4)c2F)CCCC3)c2ncc(F)cc21. The molecule has 1 aliphatic carbocycles. The fraction of sp³-hybridized carbons (Fsp3) is 0.345. The fourth-order valence-corrected chi connectivity index (χ4v) is 5.23. The van der Waals surface area contributed by atoms with E-state index in [-0.39, 0.29) is 51.3 Å². The van der Waals surface area contributed by atoms with Crippen LogP contribution in [-0.2, 0) is 24.8 Å².